The second-order valence-electron chi connectivity index (χ2n) is 7.67. The average molecular weight is 471 g/mol. The molecule has 31 heavy (non-hydrogen) atoms. The Morgan fingerprint density at radius 3 is 2.55 bits per heavy atom. The summed E-state index contributed by atoms with van der Waals surface area (Å²) in [4.78, 5) is 19.6. The third kappa shape index (κ3) is 3.91. The van der Waals surface area contributed by atoms with Gasteiger partial charge in [0, 0.05) is 39.6 Å². The normalized spacial score (nSPS) is 16.4. The zero-order valence-corrected chi connectivity index (χ0v) is 18.7. The molecule has 3 aromatic carbocycles. The fraction of sp³-hybridized carbons (Fsp3) is 0.167. The Morgan fingerprint density at radius 1 is 0.935 bits per heavy atom. The number of amides is 1. The maximum atomic E-state index is 12.9. The van der Waals surface area contributed by atoms with Gasteiger partial charge in [-0.2, -0.15) is 0 Å². The first-order valence-corrected chi connectivity index (χ1v) is 11.1. The first kappa shape index (κ1) is 20.4. The Labute approximate surface area is 195 Å². The van der Waals surface area contributed by atoms with Gasteiger partial charge in [-0.05, 0) is 48.0 Å². The van der Waals surface area contributed by atoms with Crippen LogP contribution in [-0.4, -0.2) is 22.0 Å². The molecule has 0 saturated carbocycles. The number of para-hydroxylation sites is 2. The van der Waals surface area contributed by atoms with Crippen LogP contribution in [0.15, 0.2) is 66.7 Å². The van der Waals surface area contributed by atoms with Crippen molar-refractivity contribution in [2.75, 3.05) is 11.4 Å². The maximum Gasteiger partial charge on any atom is 0.227 e. The second-order valence-corrected chi connectivity index (χ2v) is 8.95. The topological polar surface area (TPSA) is 38.1 Å². The van der Waals surface area contributed by atoms with Gasteiger partial charge in [-0.15, -0.1) is 0 Å². The van der Waals surface area contributed by atoms with Crippen LogP contribution >= 0.6 is 34.8 Å². The molecule has 0 bridgehead atoms. The van der Waals surface area contributed by atoms with Crippen molar-refractivity contribution in [3.8, 4) is 0 Å². The van der Waals surface area contributed by atoms with Crippen molar-refractivity contribution in [3.05, 3.63) is 93.2 Å². The molecule has 0 radical (unpaired) electrons. The lowest BCUT2D eigenvalue weighted by atomic mass is 10.1. The van der Waals surface area contributed by atoms with Gasteiger partial charge >= 0.3 is 0 Å². The van der Waals surface area contributed by atoms with Crippen molar-refractivity contribution in [3.63, 3.8) is 0 Å². The molecule has 1 aliphatic heterocycles. The van der Waals surface area contributed by atoms with Gasteiger partial charge in [0.2, 0.25) is 5.91 Å². The molecule has 0 N–H and O–H groups in total. The summed E-state index contributed by atoms with van der Waals surface area (Å²) in [6.45, 7) is 1.10. The molecule has 0 aliphatic carbocycles. The summed E-state index contributed by atoms with van der Waals surface area (Å²) in [5.41, 5.74) is 3.67. The summed E-state index contributed by atoms with van der Waals surface area (Å²) in [6, 6.07) is 20.9. The lowest BCUT2D eigenvalue weighted by molar-refractivity contribution is -0.117. The third-order valence-corrected chi connectivity index (χ3v) is 6.46. The van der Waals surface area contributed by atoms with Crippen LogP contribution in [0.4, 0.5) is 5.69 Å². The summed E-state index contributed by atoms with van der Waals surface area (Å²) in [5.74, 6) is 0.908. The lowest BCUT2D eigenvalue weighted by Gasteiger charge is -2.18. The van der Waals surface area contributed by atoms with E-state index in [2.05, 4.69) is 4.57 Å². The summed E-state index contributed by atoms with van der Waals surface area (Å²) in [7, 11) is 0. The number of nitrogens with zero attached hydrogens (tertiary/aromatic N) is 3. The summed E-state index contributed by atoms with van der Waals surface area (Å²) >= 11 is 18.7. The van der Waals surface area contributed by atoms with Crippen molar-refractivity contribution >= 4 is 57.4 Å². The van der Waals surface area contributed by atoms with E-state index in [0.717, 1.165) is 28.1 Å². The highest BCUT2D eigenvalue weighted by molar-refractivity contribution is 6.35. The smallest absolute Gasteiger partial charge is 0.227 e. The number of carbonyl (C=O) groups is 1. The van der Waals surface area contributed by atoms with Crippen molar-refractivity contribution in [2.24, 2.45) is 0 Å². The molecular formula is C24H18Cl3N3O. The number of imidazole rings is 1. The molecule has 2 heterocycles. The average Bonchev–Trinajstić information content (AvgIpc) is 3.31. The molecule has 4 aromatic rings. The molecule has 7 heteroatoms. The van der Waals surface area contributed by atoms with Crippen LogP contribution in [0.5, 0.6) is 0 Å². The number of carbonyl (C=O) groups excluding carboxylic acids is 1. The zero-order valence-electron chi connectivity index (χ0n) is 16.4. The SMILES string of the molecule is O=C1CC(c2nc3ccccc3n2Cc2ccc(Cl)cc2Cl)CN1c1cccc(Cl)c1. The Kier molecular flexibility index (Phi) is 5.39. The Bertz CT molecular complexity index is 1300. The van der Waals surface area contributed by atoms with E-state index < -0.39 is 0 Å². The van der Waals surface area contributed by atoms with E-state index in [1.807, 2.05) is 54.6 Å². The highest BCUT2D eigenvalue weighted by atomic mass is 35.5. The minimum Gasteiger partial charge on any atom is -0.323 e. The predicted molar refractivity (Wildman–Crippen MR) is 126 cm³/mol. The predicted octanol–water partition coefficient (Wildman–Crippen LogP) is 6.57. The highest BCUT2D eigenvalue weighted by Crippen LogP contribution is 2.35. The Hall–Kier alpha value is -2.53. The van der Waals surface area contributed by atoms with E-state index >= 15 is 0 Å². The van der Waals surface area contributed by atoms with Gasteiger partial charge in [0.1, 0.15) is 5.82 Å². The van der Waals surface area contributed by atoms with E-state index in [1.165, 1.54) is 0 Å². The van der Waals surface area contributed by atoms with E-state index in [1.54, 1.807) is 17.0 Å². The number of hydrogen-bond donors (Lipinski definition) is 0. The molecule has 156 valence electrons. The second kappa shape index (κ2) is 8.19. The van der Waals surface area contributed by atoms with Crippen molar-refractivity contribution in [1.82, 2.24) is 9.55 Å². The Balaban J connectivity index is 1.54. The molecule has 0 spiro atoms. The largest absolute Gasteiger partial charge is 0.323 e. The van der Waals surface area contributed by atoms with E-state index in [4.69, 9.17) is 39.8 Å². The molecule has 1 aliphatic rings. The van der Waals surface area contributed by atoms with E-state index in [0.29, 0.717) is 34.6 Å². The number of rotatable bonds is 4. The molecular weight excluding hydrogens is 453 g/mol. The number of halogens is 3. The van der Waals surface area contributed by atoms with Gasteiger partial charge in [0.15, 0.2) is 0 Å². The van der Waals surface area contributed by atoms with Gasteiger partial charge in [-0.3, -0.25) is 4.79 Å². The first-order chi connectivity index (χ1) is 15.0. The molecule has 1 amide bonds. The standard InChI is InChI=1S/C24H18Cl3N3O/c25-17-4-3-5-19(11-17)29-14-16(10-23(29)31)24-28-21-6-1-2-7-22(21)30(24)13-15-8-9-18(26)12-20(15)27/h1-9,11-12,16H,10,13-14H2. The molecule has 1 saturated heterocycles. The molecule has 1 fully saturated rings. The summed E-state index contributed by atoms with van der Waals surface area (Å²) in [5, 5.41) is 1.82. The van der Waals surface area contributed by atoms with Crippen molar-refractivity contribution < 1.29 is 4.79 Å². The minimum absolute atomic E-state index is 0.0371. The van der Waals surface area contributed by atoms with Crippen LogP contribution in [0.1, 0.15) is 23.7 Å². The zero-order chi connectivity index (χ0) is 21.5. The van der Waals surface area contributed by atoms with Crippen LogP contribution in [0.3, 0.4) is 0 Å². The van der Waals surface area contributed by atoms with Crippen molar-refractivity contribution in [1.29, 1.82) is 0 Å². The highest BCUT2D eigenvalue weighted by Gasteiger charge is 2.35. The van der Waals surface area contributed by atoms with Gasteiger partial charge in [-0.25, -0.2) is 4.98 Å². The van der Waals surface area contributed by atoms with Crippen LogP contribution in [-0.2, 0) is 11.3 Å². The number of benzene rings is 3. The monoisotopic (exact) mass is 469 g/mol. The minimum atomic E-state index is -0.0371. The van der Waals surface area contributed by atoms with Crippen LogP contribution in [0, 0.1) is 0 Å². The van der Waals surface area contributed by atoms with Gasteiger partial charge < -0.3 is 9.47 Å². The van der Waals surface area contributed by atoms with Gasteiger partial charge in [-0.1, -0.05) is 59.1 Å². The van der Waals surface area contributed by atoms with Crippen LogP contribution in [0.25, 0.3) is 11.0 Å². The van der Waals surface area contributed by atoms with Gasteiger partial charge in [0.25, 0.3) is 0 Å². The summed E-state index contributed by atoms with van der Waals surface area (Å²) in [6.07, 6.45) is 0.393. The van der Waals surface area contributed by atoms with Crippen LogP contribution in [0.2, 0.25) is 15.1 Å². The molecule has 1 unspecified atom stereocenters. The number of aromatic nitrogens is 2. The molecule has 1 atom stereocenters. The number of fused-ring (bicyclic) bond motifs is 1. The first-order valence-electron chi connectivity index (χ1n) is 9.94. The fourth-order valence-corrected chi connectivity index (χ4v) is 4.82. The fourth-order valence-electron chi connectivity index (χ4n) is 4.17. The third-order valence-electron chi connectivity index (χ3n) is 5.64. The Morgan fingerprint density at radius 2 is 1.74 bits per heavy atom. The maximum absolute atomic E-state index is 12.9. The molecule has 4 nitrogen and oxygen atoms in total. The van der Waals surface area contributed by atoms with Crippen molar-refractivity contribution in [2.45, 2.75) is 18.9 Å². The van der Waals surface area contributed by atoms with E-state index in [9.17, 15) is 4.79 Å². The number of anilines is 1. The summed E-state index contributed by atoms with van der Waals surface area (Å²) < 4.78 is 2.16. The quantitative estimate of drug-likeness (QED) is 0.338. The lowest BCUT2D eigenvalue weighted by Crippen LogP contribution is -2.24. The van der Waals surface area contributed by atoms with Gasteiger partial charge in [0.05, 0.1) is 17.6 Å². The van der Waals surface area contributed by atoms with E-state index in [-0.39, 0.29) is 11.8 Å². The molecule has 5 rings (SSSR count). The number of hydrogen-bond acceptors (Lipinski definition) is 2. The molecule has 1 aromatic heterocycles. The van der Waals surface area contributed by atoms with Crippen LogP contribution < -0.4 is 4.90 Å².